The van der Waals surface area contributed by atoms with E-state index in [2.05, 4.69) is 10.6 Å². The maximum atomic E-state index is 13.4. The van der Waals surface area contributed by atoms with Gasteiger partial charge in [0.15, 0.2) is 17.4 Å². The maximum Gasteiger partial charge on any atom is 0.254 e. The summed E-state index contributed by atoms with van der Waals surface area (Å²) in [6, 6.07) is 0.401. The zero-order valence-corrected chi connectivity index (χ0v) is 12.0. The summed E-state index contributed by atoms with van der Waals surface area (Å²) in [4.78, 5) is 11.6. The molecule has 1 aromatic rings. The Kier molecular flexibility index (Phi) is 8.75. The van der Waals surface area contributed by atoms with Gasteiger partial charge in [-0.2, -0.15) is 4.39 Å². The third-order valence-corrected chi connectivity index (χ3v) is 2.45. The zero-order valence-electron chi connectivity index (χ0n) is 11.2. The Labute approximate surface area is 125 Å². The summed E-state index contributed by atoms with van der Waals surface area (Å²) >= 11 is 0. The SMILES string of the molecule is COCCNCCNC(=O)c1cc(F)c(F)c(O)c1F.Cl. The molecular weight excluding hydrogens is 313 g/mol. The van der Waals surface area contributed by atoms with Crippen LogP contribution in [0.2, 0.25) is 0 Å². The predicted molar refractivity (Wildman–Crippen MR) is 72.3 cm³/mol. The van der Waals surface area contributed by atoms with Crippen LogP contribution in [0, 0.1) is 17.5 Å². The minimum Gasteiger partial charge on any atom is -0.503 e. The first-order valence-corrected chi connectivity index (χ1v) is 5.83. The second-order valence-corrected chi connectivity index (χ2v) is 3.88. The lowest BCUT2D eigenvalue weighted by atomic mass is 10.1. The van der Waals surface area contributed by atoms with Gasteiger partial charge in [-0.05, 0) is 6.07 Å². The van der Waals surface area contributed by atoms with Crippen LogP contribution in [0.4, 0.5) is 13.2 Å². The highest BCUT2D eigenvalue weighted by molar-refractivity contribution is 5.94. The Balaban J connectivity index is 0.00000400. The molecule has 9 heteroatoms. The van der Waals surface area contributed by atoms with Gasteiger partial charge in [-0.3, -0.25) is 4.79 Å². The molecule has 1 rings (SSSR count). The number of halogens is 4. The molecule has 0 heterocycles. The second-order valence-electron chi connectivity index (χ2n) is 3.88. The lowest BCUT2D eigenvalue weighted by molar-refractivity contribution is 0.0948. The number of phenols is 1. The van der Waals surface area contributed by atoms with Crippen LogP contribution in [-0.4, -0.2) is 44.4 Å². The molecule has 1 aromatic carbocycles. The summed E-state index contributed by atoms with van der Waals surface area (Å²) < 4.78 is 44.0. The summed E-state index contributed by atoms with van der Waals surface area (Å²) in [5, 5.41) is 14.2. The molecule has 0 unspecified atom stereocenters. The number of rotatable bonds is 7. The molecule has 0 radical (unpaired) electrons. The first-order chi connectivity index (χ1) is 9.49. The Morgan fingerprint density at radius 2 is 1.90 bits per heavy atom. The van der Waals surface area contributed by atoms with Crippen molar-refractivity contribution in [2.45, 2.75) is 0 Å². The van der Waals surface area contributed by atoms with E-state index in [0.29, 0.717) is 25.8 Å². The van der Waals surface area contributed by atoms with Crippen molar-refractivity contribution < 1.29 is 27.8 Å². The van der Waals surface area contributed by atoms with Crippen LogP contribution < -0.4 is 10.6 Å². The molecule has 0 atom stereocenters. The quantitative estimate of drug-likeness (QED) is 0.519. The molecule has 0 aromatic heterocycles. The number of phenolic OH excluding ortho intramolecular Hbond substituents is 1. The summed E-state index contributed by atoms with van der Waals surface area (Å²) in [6.45, 7) is 1.63. The van der Waals surface area contributed by atoms with Gasteiger partial charge in [0.05, 0.1) is 12.2 Å². The van der Waals surface area contributed by atoms with Crippen molar-refractivity contribution in [3.8, 4) is 5.75 Å². The highest BCUT2D eigenvalue weighted by atomic mass is 35.5. The van der Waals surface area contributed by atoms with Gasteiger partial charge in [0.2, 0.25) is 5.82 Å². The molecule has 21 heavy (non-hydrogen) atoms. The number of hydrogen-bond donors (Lipinski definition) is 3. The van der Waals surface area contributed by atoms with Crippen LogP contribution in [0.3, 0.4) is 0 Å². The van der Waals surface area contributed by atoms with Gasteiger partial charge in [0.1, 0.15) is 0 Å². The van der Waals surface area contributed by atoms with Gasteiger partial charge in [-0.15, -0.1) is 12.4 Å². The van der Waals surface area contributed by atoms with E-state index in [1.165, 1.54) is 0 Å². The van der Waals surface area contributed by atoms with Gasteiger partial charge < -0.3 is 20.5 Å². The maximum absolute atomic E-state index is 13.4. The lowest BCUT2D eigenvalue weighted by Gasteiger charge is -2.08. The first-order valence-electron chi connectivity index (χ1n) is 5.83. The molecule has 0 fully saturated rings. The molecular formula is C12H16ClF3N2O3. The Bertz CT molecular complexity index is 489. The van der Waals surface area contributed by atoms with E-state index >= 15 is 0 Å². The minimum atomic E-state index is -1.72. The standard InChI is InChI=1S/C12H15F3N2O3.ClH/c1-20-5-4-16-2-3-17-12(19)7-6-8(13)10(15)11(18)9(7)14;/h6,16,18H,2-5H2,1H3,(H,17,19);1H. The fourth-order valence-electron chi connectivity index (χ4n) is 1.41. The number of carbonyl (C=O) groups is 1. The van der Waals surface area contributed by atoms with Crippen molar-refractivity contribution in [1.29, 1.82) is 0 Å². The topological polar surface area (TPSA) is 70.6 Å². The van der Waals surface area contributed by atoms with Gasteiger partial charge >= 0.3 is 0 Å². The monoisotopic (exact) mass is 328 g/mol. The van der Waals surface area contributed by atoms with E-state index in [-0.39, 0.29) is 19.0 Å². The van der Waals surface area contributed by atoms with E-state index < -0.39 is 34.7 Å². The van der Waals surface area contributed by atoms with Crippen LogP contribution in [0.1, 0.15) is 10.4 Å². The number of aromatic hydroxyl groups is 1. The van der Waals surface area contributed by atoms with Crippen LogP contribution in [0.25, 0.3) is 0 Å². The number of benzene rings is 1. The first kappa shape index (κ1) is 19.5. The van der Waals surface area contributed by atoms with Crippen LogP contribution in [-0.2, 0) is 4.74 Å². The molecule has 0 spiro atoms. The van der Waals surface area contributed by atoms with Crippen molar-refractivity contribution in [2.24, 2.45) is 0 Å². The molecule has 5 nitrogen and oxygen atoms in total. The van der Waals surface area contributed by atoms with E-state index in [1.807, 2.05) is 0 Å². The molecule has 120 valence electrons. The van der Waals surface area contributed by atoms with Gasteiger partial charge in [0, 0.05) is 26.7 Å². The number of nitrogens with one attached hydrogen (secondary N) is 2. The molecule has 3 N–H and O–H groups in total. The number of carbonyl (C=O) groups excluding carboxylic acids is 1. The van der Waals surface area contributed by atoms with E-state index in [0.717, 1.165) is 0 Å². The van der Waals surface area contributed by atoms with Crippen molar-refractivity contribution in [1.82, 2.24) is 10.6 Å². The third-order valence-electron chi connectivity index (χ3n) is 2.45. The van der Waals surface area contributed by atoms with Crippen LogP contribution in [0.5, 0.6) is 5.75 Å². The van der Waals surface area contributed by atoms with E-state index in [4.69, 9.17) is 9.84 Å². The van der Waals surface area contributed by atoms with Gasteiger partial charge in [-0.1, -0.05) is 0 Å². The van der Waals surface area contributed by atoms with E-state index in [9.17, 15) is 18.0 Å². The third kappa shape index (κ3) is 5.41. The Hall–Kier alpha value is -1.51. The van der Waals surface area contributed by atoms with Gasteiger partial charge in [0.25, 0.3) is 5.91 Å². The number of hydrogen-bond acceptors (Lipinski definition) is 4. The summed E-state index contributed by atoms with van der Waals surface area (Å²) in [7, 11) is 1.54. The molecule has 0 aliphatic heterocycles. The molecule has 0 saturated carbocycles. The van der Waals surface area contributed by atoms with Gasteiger partial charge in [-0.25, -0.2) is 8.78 Å². The highest BCUT2D eigenvalue weighted by Crippen LogP contribution is 2.25. The molecule has 0 aliphatic rings. The molecule has 0 saturated heterocycles. The Morgan fingerprint density at radius 3 is 2.52 bits per heavy atom. The Morgan fingerprint density at radius 1 is 1.24 bits per heavy atom. The molecule has 0 aliphatic carbocycles. The van der Waals surface area contributed by atoms with Crippen LogP contribution >= 0.6 is 12.4 Å². The highest BCUT2D eigenvalue weighted by Gasteiger charge is 2.22. The zero-order chi connectivity index (χ0) is 15.1. The molecule has 0 bridgehead atoms. The smallest absolute Gasteiger partial charge is 0.254 e. The average molecular weight is 329 g/mol. The lowest BCUT2D eigenvalue weighted by Crippen LogP contribution is -2.33. The number of ether oxygens (including phenoxy) is 1. The minimum absolute atomic E-state index is 0. The number of amides is 1. The summed E-state index contributed by atoms with van der Waals surface area (Å²) in [5.74, 6) is -7.15. The predicted octanol–water partition coefficient (Wildman–Crippen LogP) is 1.20. The fourth-order valence-corrected chi connectivity index (χ4v) is 1.41. The largest absolute Gasteiger partial charge is 0.503 e. The van der Waals surface area contributed by atoms with Crippen molar-refractivity contribution in [3.05, 3.63) is 29.1 Å². The fraction of sp³-hybridized carbons (Fsp3) is 0.417. The average Bonchev–Trinajstić information content (AvgIpc) is 2.44. The molecule has 1 amide bonds. The normalized spacial score (nSPS) is 10.1. The number of methoxy groups -OCH3 is 1. The van der Waals surface area contributed by atoms with Crippen LogP contribution in [0.15, 0.2) is 6.07 Å². The van der Waals surface area contributed by atoms with Crippen molar-refractivity contribution in [3.63, 3.8) is 0 Å². The van der Waals surface area contributed by atoms with Crippen molar-refractivity contribution >= 4 is 18.3 Å². The summed E-state index contributed by atoms with van der Waals surface area (Å²) in [5.41, 5.74) is -0.752. The summed E-state index contributed by atoms with van der Waals surface area (Å²) in [6.07, 6.45) is 0. The second kappa shape index (κ2) is 9.43. The van der Waals surface area contributed by atoms with Crippen molar-refractivity contribution in [2.75, 3.05) is 33.4 Å². The van der Waals surface area contributed by atoms with E-state index in [1.54, 1.807) is 7.11 Å².